The van der Waals surface area contributed by atoms with Crippen LogP contribution in [0.15, 0.2) is 42.5 Å². The van der Waals surface area contributed by atoms with Gasteiger partial charge in [0.15, 0.2) is 0 Å². The molecule has 0 aliphatic rings. The van der Waals surface area contributed by atoms with E-state index >= 15 is 0 Å². The van der Waals surface area contributed by atoms with Gasteiger partial charge in [-0.05, 0) is 35.4 Å². The van der Waals surface area contributed by atoms with Crippen molar-refractivity contribution < 1.29 is 4.74 Å². The predicted octanol–water partition coefficient (Wildman–Crippen LogP) is 4.05. The number of hydrogen-bond acceptors (Lipinski definition) is 2. The molecule has 2 aromatic rings. The summed E-state index contributed by atoms with van der Waals surface area (Å²) in [6, 6.07) is 12.8. The van der Waals surface area contributed by atoms with Crippen LogP contribution in [0, 0.1) is 0 Å². The van der Waals surface area contributed by atoms with Gasteiger partial charge in [-0.15, -0.1) is 0 Å². The Morgan fingerprint density at radius 2 is 1.56 bits per heavy atom. The normalized spacial score (nSPS) is 12.2. The van der Waals surface area contributed by atoms with E-state index in [1.807, 2.05) is 30.3 Å². The molecule has 2 rings (SSSR count). The lowest BCUT2D eigenvalue weighted by Gasteiger charge is -2.13. The molecule has 0 amide bonds. The number of hydrogen-bond donors (Lipinski definition) is 1. The van der Waals surface area contributed by atoms with Gasteiger partial charge >= 0.3 is 0 Å². The molecule has 1 unspecified atom stereocenters. The first-order valence-electron chi connectivity index (χ1n) is 5.46. The Hall–Kier alpha value is -1.22. The molecule has 1 atom stereocenters. The summed E-state index contributed by atoms with van der Waals surface area (Å²) in [6.45, 7) is 0. The van der Waals surface area contributed by atoms with Crippen molar-refractivity contribution in [2.24, 2.45) is 5.73 Å². The number of ether oxygens (including phenoxy) is 1. The monoisotopic (exact) mass is 281 g/mol. The number of halogens is 2. The Bertz CT molecular complexity index is 540. The van der Waals surface area contributed by atoms with E-state index in [0.717, 1.165) is 16.9 Å². The average Bonchev–Trinajstić information content (AvgIpc) is 2.41. The molecule has 2 N–H and O–H groups in total. The third kappa shape index (κ3) is 2.78. The maximum absolute atomic E-state index is 6.18. The minimum Gasteiger partial charge on any atom is -0.497 e. The molecule has 0 saturated heterocycles. The second kappa shape index (κ2) is 5.61. The summed E-state index contributed by atoms with van der Waals surface area (Å²) in [7, 11) is 1.63. The standard InChI is InChI=1S/C14H13Cl2NO/c1-18-11-5-2-9(3-6-11)14(17)10-4-7-12(15)13(16)8-10/h2-8,14H,17H2,1H3. The van der Waals surface area contributed by atoms with E-state index in [0.29, 0.717) is 10.0 Å². The van der Waals surface area contributed by atoms with Gasteiger partial charge < -0.3 is 10.5 Å². The fourth-order valence-electron chi connectivity index (χ4n) is 1.71. The zero-order valence-electron chi connectivity index (χ0n) is 9.86. The van der Waals surface area contributed by atoms with Gasteiger partial charge in [0.05, 0.1) is 23.2 Å². The fourth-order valence-corrected chi connectivity index (χ4v) is 2.02. The van der Waals surface area contributed by atoms with Crippen LogP contribution in [0.3, 0.4) is 0 Å². The molecule has 94 valence electrons. The second-order valence-corrected chi connectivity index (χ2v) is 4.74. The maximum Gasteiger partial charge on any atom is 0.118 e. The molecule has 0 aliphatic carbocycles. The molecular formula is C14H13Cl2NO. The smallest absolute Gasteiger partial charge is 0.118 e. The van der Waals surface area contributed by atoms with E-state index in [9.17, 15) is 0 Å². The van der Waals surface area contributed by atoms with Crippen molar-refractivity contribution in [2.45, 2.75) is 6.04 Å². The van der Waals surface area contributed by atoms with E-state index in [-0.39, 0.29) is 6.04 Å². The van der Waals surface area contributed by atoms with Gasteiger partial charge in [0.1, 0.15) is 5.75 Å². The van der Waals surface area contributed by atoms with Crippen LogP contribution in [0.2, 0.25) is 10.0 Å². The van der Waals surface area contributed by atoms with Gasteiger partial charge in [0, 0.05) is 0 Å². The number of nitrogens with two attached hydrogens (primary N) is 1. The number of benzene rings is 2. The highest BCUT2D eigenvalue weighted by molar-refractivity contribution is 6.42. The first-order valence-corrected chi connectivity index (χ1v) is 6.22. The highest BCUT2D eigenvalue weighted by Gasteiger charge is 2.10. The van der Waals surface area contributed by atoms with E-state index in [1.54, 1.807) is 19.2 Å². The number of methoxy groups -OCH3 is 1. The van der Waals surface area contributed by atoms with Gasteiger partial charge in [0.2, 0.25) is 0 Å². The second-order valence-electron chi connectivity index (χ2n) is 3.92. The first-order chi connectivity index (χ1) is 8.61. The van der Waals surface area contributed by atoms with Gasteiger partial charge in [0.25, 0.3) is 0 Å². The molecule has 0 saturated carbocycles. The fraction of sp³-hybridized carbons (Fsp3) is 0.143. The molecular weight excluding hydrogens is 269 g/mol. The van der Waals surface area contributed by atoms with Crippen LogP contribution >= 0.6 is 23.2 Å². The van der Waals surface area contributed by atoms with Crippen molar-refractivity contribution in [3.8, 4) is 5.75 Å². The highest BCUT2D eigenvalue weighted by atomic mass is 35.5. The molecule has 0 fully saturated rings. The summed E-state index contributed by atoms with van der Waals surface area (Å²) in [4.78, 5) is 0. The van der Waals surface area contributed by atoms with Crippen LogP contribution in [-0.4, -0.2) is 7.11 Å². The van der Waals surface area contributed by atoms with Crippen molar-refractivity contribution in [2.75, 3.05) is 7.11 Å². The minimum absolute atomic E-state index is 0.231. The summed E-state index contributed by atoms with van der Waals surface area (Å²) < 4.78 is 5.11. The van der Waals surface area contributed by atoms with Crippen LogP contribution in [0.5, 0.6) is 5.75 Å². The van der Waals surface area contributed by atoms with Gasteiger partial charge in [-0.2, -0.15) is 0 Å². The average molecular weight is 282 g/mol. The van der Waals surface area contributed by atoms with Crippen molar-refractivity contribution in [1.82, 2.24) is 0 Å². The Balaban J connectivity index is 2.28. The quantitative estimate of drug-likeness (QED) is 0.921. The summed E-state index contributed by atoms with van der Waals surface area (Å²) in [5, 5.41) is 1.04. The van der Waals surface area contributed by atoms with E-state index in [4.69, 9.17) is 33.7 Å². The minimum atomic E-state index is -0.231. The predicted molar refractivity (Wildman–Crippen MR) is 75.5 cm³/mol. The van der Waals surface area contributed by atoms with E-state index in [1.165, 1.54) is 0 Å². The van der Waals surface area contributed by atoms with E-state index in [2.05, 4.69) is 0 Å². The summed E-state index contributed by atoms with van der Waals surface area (Å²) in [5.74, 6) is 0.806. The molecule has 18 heavy (non-hydrogen) atoms. The Morgan fingerprint density at radius 3 is 2.11 bits per heavy atom. The van der Waals surface area contributed by atoms with Crippen LogP contribution in [-0.2, 0) is 0 Å². The van der Waals surface area contributed by atoms with Crippen LogP contribution < -0.4 is 10.5 Å². The molecule has 4 heteroatoms. The molecule has 0 radical (unpaired) electrons. The molecule has 2 nitrogen and oxygen atoms in total. The summed E-state index contributed by atoms with van der Waals surface area (Å²) >= 11 is 11.9. The topological polar surface area (TPSA) is 35.2 Å². The molecule has 0 aliphatic heterocycles. The van der Waals surface area contributed by atoms with Crippen LogP contribution in [0.1, 0.15) is 17.2 Å². The lowest BCUT2D eigenvalue weighted by atomic mass is 10.00. The lowest BCUT2D eigenvalue weighted by Crippen LogP contribution is -2.11. The molecule has 0 aromatic heterocycles. The molecule has 0 spiro atoms. The summed E-state index contributed by atoms with van der Waals surface area (Å²) in [5.41, 5.74) is 8.10. The third-order valence-electron chi connectivity index (χ3n) is 2.78. The van der Waals surface area contributed by atoms with Gasteiger partial charge in [-0.25, -0.2) is 0 Å². The summed E-state index contributed by atoms with van der Waals surface area (Å²) in [6.07, 6.45) is 0. The van der Waals surface area contributed by atoms with Gasteiger partial charge in [-0.3, -0.25) is 0 Å². The zero-order chi connectivity index (χ0) is 13.1. The first kappa shape index (κ1) is 13.2. The van der Waals surface area contributed by atoms with Crippen molar-refractivity contribution >= 4 is 23.2 Å². The van der Waals surface area contributed by atoms with Crippen molar-refractivity contribution in [1.29, 1.82) is 0 Å². The third-order valence-corrected chi connectivity index (χ3v) is 3.52. The lowest BCUT2D eigenvalue weighted by molar-refractivity contribution is 0.414. The Labute approximate surface area is 116 Å². The van der Waals surface area contributed by atoms with Crippen molar-refractivity contribution in [3.63, 3.8) is 0 Å². The Morgan fingerprint density at radius 1 is 0.944 bits per heavy atom. The highest BCUT2D eigenvalue weighted by Crippen LogP contribution is 2.28. The van der Waals surface area contributed by atoms with Crippen LogP contribution in [0.25, 0.3) is 0 Å². The maximum atomic E-state index is 6.18. The SMILES string of the molecule is COc1ccc(C(N)c2ccc(Cl)c(Cl)c2)cc1. The van der Waals surface area contributed by atoms with Gasteiger partial charge in [-0.1, -0.05) is 41.4 Å². The Kier molecular flexibility index (Phi) is 4.12. The molecule has 0 bridgehead atoms. The molecule has 0 heterocycles. The largest absolute Gasteiger partial charge is 0.497 e. The van der Waals surface area contributed by atoms with E-state index < -0.39 is 0 Å². The zero-order valence-corrected chi connectivity index (χ0v) is 11.4. The van der Waals surface area contributed by atoms with Crippen molar-refractivity contribution in [3.05, 3.63) is 63.6 Å². The number of rotatable bonds is 3. The molecule has 2 aromatic carbocycles. The van der Waals surface area contributed by atoms with Crippen LogP contribution in [0.4, 0.5) is 0 Å².